The Labute approximate surface area is 132 Å². The maximum atomic E-state index is 12.3. The van der Waals surface area contributed by atoms with Crippen molar-refractivity contribution in [2.75, 3.05) is 39.4 Å². The fraction of sp³-hybridized carbons (Fsp3) is 0.938. The van der Waals surface area contributed by atoms with Crippen LogP contribution in [0.5, 0.6) is 0 Å². The first-order valence-corrected chi connectivity index (χ1v) is 8.72. The summed E-state index contributed by atoms with van der Waals surface area (Å²) < 4.78 is 5.49. The SMILES string of the molecule is O=C(NCC1(N2CCOCC2)CCCCC1)[C@H]1C[C@@H](O)CN1. The van der Waals surface area contributed by atoms with Crippen molar-refractivity contribution in [3.63, 3.8) is 0 Å². The van der Waals surface area contributed by atoms with Gasteiger partial charge in [-0.1, -0.05) is 19.3 Å². The average Bonchev–Trinajstić information content (AvgIpc) is 3.01. The Morgan fingerprint density at radius 2 is 2.00 bits per heavy atom. The van der Waals surface area contributed by atoms with E-state index >= 15 is 0 Å². The monoisotopic (exact) mass is 311 g/mol. The Bertz CT molecular complexity index is 379. The van der Waals surface area contributed by atoms with Gasteiger partial charge in [0.2, 0.25) is 5.91 Å². The number of carbonyl (C=O) groups excluding carboxylic acids is 1. The molecule has 0 aromatic carbocycles. The number of hydrogen-bond donors (Lipinski definition) is 3. The summed E-state index contributed by atoms with van der Waals surface area (Å²) in [4.78, 5) is 14.9. The average molecular weight is 311 g/mol. The van der Waals surface area contributed by atoms with Crippen molar-refractivity contribution in [1.82, 2.24) is 15.5 Å². The summed E-state index contributed by atoms with van der Waals surface area (Å²) in [6.07, 6.45) is 6.24. The third-order valence-electron chi connectivity index (χ3n) is 5.48. The van der Waals surface area contributed by atoms with Crippen LogP contribution in [0.15, 0.2) is 0 Å². The third kappa shape index (κ3) is 3.62. The van der Waals surface area contributed by atoms with Crippen LogP contribution < -0.4 is 10.6 Å². The van der Waals surface area contributed by atoms with Gasteiger partial charge in [0.15, 0.2) is 0 Å². The second kappa shape index (κ2) is 7.25. The largest absolute Gasteiger partial charge is 0.392 e. The molecule has 0 aromatic heterocycles. The van der Waals surface area contributed by atoms with Gasteiger partial charge in [-0.25, -0.2) is 0 Å². The summed E-state index contributed by atoms with van der Waals surface area (Å²) >= 11 is 0. The number of rotatable bonds is 4. The molecule has 0 aromatic rings. The maximum absolute atomic E-state index is 12.3. The quantitative estimate of drug-likeness (QED) is 0.674. The highest BCUT2D eigenvalue weighted by Crippen LogP contribution is 2.33. The number of aliphatic hydroxyl groups excluding tert-OH is 1. The molecule has 1 amide bonds. The summed E-state index contributed by atoms with van der Waals surface area (Å²) in [7, 11) is 0. The van der Waals surface area contributed by atoms with Crippen LogP contribution in [-0.2, 0) is 9.53 Å². The molecule has 2 aliphatic heterocycles. The van der Waals surface area contributed by atoms with Crippen molar-refractivity contribution >= 4 is 5.91 Å². The normalized spacial score (nSPS) is 32.8. The minimum atomic E-state index is -0.390. The van der Waals surface area contributed by atoms with Gasteiger partial charge in [-0.2, -0.15) is 0 Å². The fourth-order valence-corrected chi connectivity index (χ4v) is 4.14. The van der Waals surface area contributed by atoms with Crippen molar-refractivity contribution in [3.8, 4) is 0 Å². The zero-order valence-corrected chi connectivity index (χ0v) is 13.4. The molecule has 0 unspecified atom stereocenters. The van der Waals surface area contributed by atoms with Crippen molar-refractivity contribution in [2.45, 2.75) is 56.2 Å². The van der Waals surface area contributed by atoms with Gasteiger partial charge in [-0.3, -0.25) is 9.69 Å². The van der Waals surface area contributed by atoms with E-state index in [1.54, 1.807) is 0 Å². The number of aliphatic hydroxyl groups is 1. The lowest BCUT2D eigenvalue weighted by Gasteiger charge is -2.48. The first-order chi connectivity index (χ1) is 10.7. The van der Waals surface area contributed by atoms with Crippen molar-refractivity contribution in [1.29, 1.82) is 0 Å². The van der Waals surface area contributed by atoms with Crippen LogP contribution in [0.2, 0.25) is 0 Å². The van der Waals surface area contributed by atoms with E-state index in [9.17, 15) is 9.90 Å². The Morgan fingerprint density at radius 1 is 1.27 bits per heavy atom. The summed E-state index contributed by atoms with van der Waals surface area (Å²) in [5, 5.41) is 15.8. The smallest absolute Gasteiger partial charge is 0.237 e. The minimum Gasteiger partial charge on any atom is -0.392 e. The second-order valence-corrected chi connectivity index (χ2v) is 6.95. The Hall–Kier alpha value is -0.690. The number of ether oxygens (including phenoxy) is 1. The fourth-order valence-electron chi connectivity index (χ4n) is 4.14. The van der Waals surface area contributed by atoms with Crippen molar-refractivity contribution in [3.05, 3.63) is 0 Å². The topological polar surface area (TPSA) is 73.8 Å². The van der Waals surface area contributed by atoms with Crippen LogP contribution in [0.25, 0.3) is 0 Å². The molecule has 3 N–H and O–H groups in total. The number of β-amino-alcohol motifs (C(OH)–C–C–N with tert-alkyl or cyclic N) is 1. The molecule has 2 heterocycles. The summed E-state index contributed by atoms with van der Waals surface area (Å²) in [6.45, 7) is 4.78. The van der Waals surface area contributed by atoms with E-state index < -0.39 is 6.10 Å². The molecule has 6 nitrogen and oxygen atoms in total. The van der Waals surface area contributed by atoms with Gasteiger partial charge < -0.3 is 20.5 Å². The molecule has 1 aliphatic carbocycles. The highest BCUT2D eigenvalue weighted by Gasteiger charge is 2.39. The number of amides is 1. The second-order valence-electron chi connectivity index (χ2n) is 6.95. The number of nitrogens with one attached hydrogen (secondary N) is 2. The zero-order chi connectivity index (χ0) is 15.4. The number of nitrogens with zero attached hydrogens (tertiary/aromatic N) is 1. The Kier molecular flexibility index (Phi) is 5.33. The van der Waals surface area contributed by atoms with E-state index in [-0.39, 0.29) is 17.5 Å². The molecule has 0 radical (unpaired) electrons. The highest BCUT2D eigenvalue weighted by atomic mass is 16.5. The van der Waals surface area contributed by atoms with Gasteiger partial charge >= 0.3 is 0 Å². The van der Waals surface area contributed by atoms with E-state index in [1.165, 1.54) is 19.3 Å². The molecule has 3 rings (SSSR count). The van der Waals surface area contributed by atoms with Gasteiger partial charge in [0, 0.05) is 31.7 Å². The predicted octanol–water partition coefficient (Wildman–Crippen LogP) is -0.139. The molecule has 22 heavy (non-hydrogen) atoms. The van der Waals surface area contributed by atoms with Crippen LogP contribution in [0.4, 0.5) is 0 Å². The van der Waals surface area contributed by atoms with Crippen LogP contribution >= 0.6 is 0 Å². The lowest BCUT2D eigenvalue weighted by Crippen LogP contribution is -2.60. The van der Waals surface area contributed by atoms with Gasteiger partial charge in [-0.15, -0.1) is 0 Å². The lowest BCUT2D eigenvalue weighted by molar-refractivity contribution is -0.124. The molecule has 3 fully saturated rings. The first kappa shape index (κ1) is 16.2. The molecule has 2 saturated heterocycles. The van der Waals surface area contributed by atoms with Gasteiger partial charge in [0.05, 0.1) is 25.4 Å². The molecule has 0 bridgehead atoms. The van der Waals surface area contributed by atoms with Crippen molar-refractivity contribution in [2.24, 2.45) is 0 Å². The standard InChI is InChI=1S/C16H29N3O3/c20-13-10-14(17-11-13)15(21)18-12-16(4-2-1-3-5-16)19-6-8-22-9-7-19/h13-14,17,20H,1-12H2,(H,18,21)/t13-,14-/m1/s1. The minimum absolute atomic E-state index is 0.0368. The van der Waals surface area contributed by atoms with E-state index in [2.05, 4.69) is 15.5 Å². The molecule has 1 saturated carbocycles. The molecule has 126 valence electrons. The molecular formula is C16H29N3O3. The highest BCUT2D eigenvalue weighted by molar-refractivity contribution is 5.82. The van der Waals surface area contributed by atoms with Gasteiger partial charge in [0.1, 0.15) is 0 Å². The van der Waals surface area contributed by atoms with Crippen LogP contribution in [0, 0.1) is 0 Å². The third-order valence-corrected chi connectivity index (χ3v) is 5.48. The van der Waals surface area contributed by atoms with Crippen LogP contribution in [-0.4, -0.2) is 73.0 Å². The molecule has 2 atom stereocenters. The van der Waals surface area contributed by atoms with Gasteiger partial charge in [0.25, 0.3) is 0 Å². The van der Waals surface area contributed by atoms with E-state index in [0.29, 0.717) is 13.0 Å². The zero-order valence-electron chi connectivity index (χ0n) is 13.4. The number of hydrogen-bond acceptors (Lipinski definition) is 5. The Balaban J connectivity index is 1.59. The molecular weight excluding hydrogens is 282 g/mol. The predicted molar refractivity (Wildman–Crippen MR) is 83.6 cm³/mol. The molecule has 6 heteroatoms. The Morgan fingerprint density at radius 3 is 2.64 bits per heavy atom. The maximum Gasteiger partial charge on any atom is 0.237 e. The van der Waals surface area contributed by atoms with E-state index in [1.807, 2.05) is 0 Å². The number of morpholine rings is 1. The van der Waals surface area contributed by atoms with Crippen molar-refractivity contribution < 1.29 is 14.6 Å². The van der Waals surface area contributed by atoms with Crippen LogP contribution in [0.1, 0.15) is 38.5 Å². The summed E-state index contributed by atoms with van der Waals surface area (Å²) in [5.74, 6) is 0.0368. The summed E-state index contributed by atoms with van der Waals surface area (Å²) in [6, 6.07) is -0.236. The first-order valence-electron chi connectivity index (χ1n) is 8.72. The molecule has 0 spiro atoms. The molecule has 3 aliphatic rings. The van der Waals surface area contributed by atoms with E-state index in [4.69, 9.17) is 4.74 Å². The lowest BCUT2D eigenvalue weighted by atomic mass is 9.79. The number of carbonyl (C=O) groups is 1. The van der Waals surface area contributed by atoms with E-state index in [0.717, 1.165) is 45.7 Å². The van der Waals surface area contributed by atoms with Gasteiger partial charge in [-0.05, 0) is 19.3 Å². The van der Waals surface area contributed by atoms with Crippen LogP contribution in [0.3, 0.4) is 0 Å². The summed E-state index contributed by atoms with van der Waals surface area (Å²) in [5.41, 5.74) is 0.106.